The number of hydrogen-bond donors (Lipinski definition) is 3. The minimum Gasteiger partial charge on any atom is -0.450 e. The van der Waals surface area contributed by atoms with Crippen molar-refractivity contribution < 1.29 is 24.0 Å². The third kappa shape index (κ3) is 9.02. The Morgan fingerprint density at radius 2 is 1.81 bits per heavy atom. The van der Waals surface area contributed by atoms with Crippen molar-refractivity contribution in [1.29, 1.82) is 0 Å². The Morgan fingerprint density at radius 3 is 2.54 bits per heavy atom. The normalized spacial score (nSPS) is 11.6. The number of anilines is 1. The zero-order chi connectivity index (χ0) is 34.0. The highest BCUT2D eigenvalue weighted by Crippen LogP contribution is 2.39. The number of benzene rings is 4. The van der Waals surface area contributed by atoms with Crippen LogP contribution in [0.1, 0.15) is 46.4 Å². The number of alkyl carbamates (subject to hydrolysis) is 1. The molecule has 0 radical (unpaired) electrons. The van der Waals surface area contributed by atoms with Crippen LogP contribution in [0.5, 0.6) is 0 Å². The zero-order valence-electron chi connectivity index (χ0n) is 25.8. The van der Waals surface area contributed by atoms with Crippen LogP contribution in [-0.2, 0) is 9.53 Å². The fourth-order valence-electron chi connectivity index (χ4n) is 4.53. The molecule has 0 spiro atoms. The number of nitro benzene ring substituents is 1. The summed E-state index contributed by atoms with van der Waals surface area (Å²) in [5.74, 6) is -0.707. The van der Waals surface area contributed by atoms with Crippen LogP contribution in [0.2, 0.25) is 0 Å². The van der Waals surface area contributed by atoms with Crippen LogP contribution < -0.4 is 16.1 Å². The molecule has 0 aliphatic carbocycles. The lowest BCUT2D eigenvalue weighted by Gasteiger charge is -2.18. The van der Waals surface area contributed by atoms with Gasteiger partial charge < -0.3 is 15.4 Å². The number of thiazole rings is 1. The molecule has 48 heavy (non-hydrogen) atoms. The quantitative estimate of drug-likeness (QED) is 0.0704. The van der Waals surface area contributed by atoms with Crippen LogP contribution in [-0.4, -0.2) is 40.6 Å². The largest absolute Gasteiger partial charge is 0.450 e. The van der Waals surface area contributed by atoms with E-state index in [9.17, 15) is 24.5 Å². The summed E-state index contributed by atoms with van der Waals surface area (Å²) >= 11 is 2.51. The molecule has 0 aliphatic rings. The molecule has 0 fully saturated rings. The summed E-state index contributed by atoms with van der Waals surface area (Å²) in [5.41, 5.74) is 6.29. The maximum absolute atomic E-state index is 12.7. The predicted octanol–water partition coefficient (Wildman–Crippen LogP) is 7.24. The molecular formula is C34H30N6O6S2. The SMILES string of the molecule is CCOC(=O)N[C@@H](CC(=O)N/N=C\c1ccc(Sc2nc3ccc(NC(=O)c4ccc(C)cc4)cc3s2)c([N+](=O)[O-])c1)c1ccccc1. The Balaban J connectivity index is 1.23. The van der Waals surface area contributed by atoms with Gasteiger partial charge in [-0.1, -0.05) is 65.9 Å². The van der Waals surface area contributed by atoms with Gasteiger partial charge in [-0.25, -0.2) is 15.2 Å². The molecule has 1 heterocycles. The van der Waals surface area contributed by atoms with Crippen molar-refractivity contribution in [2.75, 3.05) is 11.9 Å². The number of fused-ring (bicyclic) bond motifs is 1. The van der Waals surface area contributed by atoms with Gasteiger partial charge in [0.2, 0.25) is 5.91 Å². The molecule has 12 nitrogen and oxygen atoms in total. The van der Waals surface area contributed by atoms with Crippen molar-refractivity contribution in [1.82, 2.24) is 15.7 Å². The van der Waals surface area contributed by atoms with E-state index in [0.717, 1.165) is 22.0 Å². The summed E-state index contributed by atoms with van der Waals surface area (Å²) in [6, 6.07) is 25.6. The number of rotatable bonds is 12. The third-order valence-electron chi connectivity index (χ3n) is 6.88. The molecule has 3 amide bonds. The van der Waals surface area contributed by atoms with E-state index in [1.165, 1.54) is 23.6 Å². The number of nitrogens with zero attached hydrogens (tertiary/aromatic N) is 3. The van der Waals surface area contributed by atoms with Crippen LogP contribution in [0.3, 0.4) is 0 Å². The molecule has 0 unspecified atom stereocenters. The fraction of sp³-hybridized carbons (Fsp3) is 0.147. The molecule has 1 aromatic heterocycles. The highest BCUT2D eigenvalue weighted by molar-refractivity contribution is 8.01. The van der Waals surface area contributed by atoms with Gasteiger partial charge in [0.1, 0.15) is 0 Å². The van der Waals surface area contributed by atoms with E-state index >= 15 is 0 Å². The number of carbonyl (C=O) groups is 3. The molecule has 0 saturated heterocycles. The summed E-state index contributed by atoms with van der Waals surface area (Å²) < 4.78 is 6.36. The molecule has 0 bridgehead atoms. The van der Waals surface area contributed by atoms with Crippen LogP contribution in [0, 0.1) is 17.0 Å². The second-order valence-corrected chi connectivity index (χ2v) is 12.7. The van der Waals surface area contributed by atoms with E-state index in [1.807, 2.05) is 31.2 Å². The van der Waals surface area contributed by atoms with Crippen molar-refractivity contribution in [2.24, 2.45) is 5.10 Å². The summed E-state index contributed by atoms with van der Waals surface area (Å²) in [6.07, 6.45) is 0.546. The van der Waals surface area contributed by atoms with Crippen molar-refractivity contribution in [2.45, 2.75) is 35.5 Å². The van der Waals surface area contributed by atoms with Crippen LogP contribution in [0.4, 0.5) is 16.2 Å². The van der Waals surface area contributed by atoms with Gasteiger partial charge in [-0.05, 0) is 55.8 Å². The van der Waals surface area contributed by atoms with Gasteiger partial charge in [0.05, 0.1) is 45.3 Å². The Morgan fingerprint density at radius 1 is 1.04 bits per heavy atom. The molecule has 5 rings (SSSR count). The summed E-state index contributed by atoms with van der Waals surface area (Å²) in [7, 11) is 0. The van der Waals surface area contributed by atoms with E-state index in [-0.39, 0.29) is 24.6 Å². The maximum Gasteiger partial charge on any atom is 0.407 e. The number of ether oxygens (including phenoxy) is 1. The van der Waals surface area contributed by atoms with E-state index in [1.54, 1.807) is 67.6 Å². The third-order valence-corrected chi connectivity index (χ3v) is 9.02. The highest BCUT2D eigenvalue weighted by atomic mass is 32.2. The number of hydrogen-bond acceptors (Lipinski definition) is 10. The zero-order valence-corrected chi connectivity index (χ0v) is 27.5. The van der Waals surface area contributed by atoms with Crippen molar-refractivity contribution in [3.05, 3.63) is 123 Å². The smallest absolute Gasteiger partial charge is 0.407 e. The van der Waals surface area contributed by atoms with E-state index in [4.69, 9.17) is 4.74 Å². The Kier molecular flexibility index (Phi) is 11.1. The van der Waals surface area contributed by atoms with Gasteiger partial charge in [-0.2, -0.15) is 5.10 Å². The first-order chi connectivity index (χ1) is 23.2. The van der Waals surface area contributed by atoms with E-state index < -0.39 is 23.0 Å². The Hall–Kier alpha value is -5.60. The van der Waals surface area contributed by atoms with Gasteiger partial charge in [-0.3, -0.25) is 19.7 Å². The fourth-order valence-corrected chi connectivity index (χ4v) is 6.68. The van der Waals surface area contributed by atoms with Gasteiger partial charge in [-0.15, -0.1) is 11.3 Å². The molecule has 244 valence electrons. The average Bonchev–Trinajstić information content (AvgIpc) is 3.47. The van der Waals surface area contributed by atoms with Crippen LogP contribution in [0.15, 0.2) is 105 Å². The Labute approximate surface area is 283 Å². The first kappa shape index (κ1) is 33.8. The average molecular weight is 683 g/mol. The first-order valence-electron chi connectivity index (χ1n) is 14.7. The lowest BCUT2D eigenvalue weighted by molar-refractivity contribution is -0.387. The number of hydrazone groups is 1. The van der Waals surface area contributed by atoms with Gasteiger partial charge in [0.15, 0.2) is 4.34 Å². The highest BCUT2D eigenvalue weighted by Gasteiger charge is 2.20. The van der Waals surface area contributed by atoms with Gasteiger partial charge in [0.25, 0.3) is 11.6 Å². The standard InChI is InChI=1S/C34H30N6O6S2/c1-3-46-33(43)37-27(23-7-5-4-6-8-23)19-31(41)39-35-20-22-11-16-29(28(17-22)40(44)45)47-34-38-26-15-14-25(18-30(26)48-34)36-32(42)24-12-9-21(2)10-13-24/h4-18,20,27H,3,19H2,1-2H3,(H,36,42)(H,37,43)(H,39,41)/b35-20-/t27-/m0/s1. The molecule has 4 aromatic carbocycles. The molecule has 14 heteroatoms. The van der Waals surface area contributed by atoms with Gasteiger partial charge >= 0.3 is 6.09 Å². The van der Waals surface area contributed by atoms with E-state index in [2.05, 4.69) is 26.1 Å². The second kappa shape index (κ2) is 15.8. The van der Waals surface area contributed by atoms with Crippen molar-refractivity contribution in [3.8, 4) is 0 Å². The number of aromatic nitrogens is 1. The number of carbonyl (C=O) groups excluding carboxylic acids is 3. The molecule has 5 aromatic rings. The lowest BCUT2D eigenvalue weighted by Crippen LogP contribution is -2.33. The molecule has 1 atom stereocenters. The number of amides is 3. The lowest BCUT2D eigenvalue weighted by atomic mass is 10.0. The number of nitrogens with one attached hydrogen (secondary N) is 3. The molecule has 3 N–H and O–H groups in total. The summed E-state index contributed by atoms with van der Waals surface area (Å²) in [6.45, 7) is 3.82. The minimum atomic E-state index is -0.649. The predicted molar refractivity (Wildman–Crippen MR) is 186 cm³/mol. The molecule has 0 aliphatic heterocycles. The van der Waals surface area contributed by atoms with E-state index in [0.29, 0.717) is 37.1 Å². The van der Waals surface area contributed by atoms with Crippen LogP contribution >= 0.6 is 23.1 Å². The van der Waals surface area contributed by atoms with Crippen LogP contribution in [0.25, 0.3) is 10.2 Å². The minimum absolute atomic E-state index is 0.112. The first-order valence-corrected chi connectivity index (χ1v) is 16.4. The Bertz CT molecular complexity index is 1980. The van der Waals surface area contributed by atoms with Crippen molar-refractivity contribution >= 4 is 68.8 Å². The molecular weight excluding hydrogens is 653 g/mol. The summed E-state index contributed by atoms with van der Waals surface area (Å²) in [4.78, 5) is 53.8. The topological polar surface area (TPSA) is 165 Å². The van der Waals surface area contributed by atoms with Crippen molar-refractivity contribution in [3.63, 3.8) is 0 Å². The number of nitro groups is 1. The van der Waals surface area contributed by atoms with Gasteiger partial charge in [0, 0.05) is 22.9 Å². The monoisotopic (exact) mass is 682 g/mol. The summed E-state index contributed by atoms with van der Waals surface area (Å²) in [5, 5.41) is 21.5. The second-order valence-electron chi connectivity index (χ2n) is 10.4. The molecule has 0 saturated carbocycles. The number of aryl methyl sites for hydroxylation is 1. The maximum atomic E-state index is 12.7.